The number of amides is 2. The van der Waals surface area contributed by atoms with Gasteiger partial charge in [0.2, 0.25) is 5.54 Å². The van der Waals surface area contributed by atoms with E-state index in [9.17, 15) is 22.8 Å². The summed E-state index contributed by atoms with van der Waals surface area (Å²) < 4.78 is 37.4. The molecule has 0 aromatic carbocycles. The summed E-state index contributed by atoms with van der Waals surface area (Å²) in [5.74, 6) is -2.16. The van der Waals surface area contributed by atoms with Crippen LogP contribution in [0.5, 0.6) is 0 Å². The SMILES string of the molecule is CCCCNC(=O)NC(C)(C(=O)O)C(F)(F)F. The first kappa shape index (κ1) is 15.5. The summed E-state index contributed by atoms with van der Waals surface area (Å²) in [6.07, 6.45) is -3.71. The van der Waals surface area contributed by atoms with Gasteiger partial charge in [0, 0.05) is 6.54 Å². The molecule has 1 atom stereocenters. The van der Waals surface area contributed by atoms with Gasteiger partial charge >= 0.3 is 18.2 Å². The molecule has 3 N–H and O–H groups in total. The smallest absolute Gasteiger partial charge is 0.422 e. The van der Waals surface area contributed by atoms with Crippen LogP contribution in [0.25, 0.3) is 0 Å². The molecule has 0 bridgehead atoms. The quantitative estimate of drug-likeness (QED) is 0.652. The van der Waals surface area contributed by atoms with Crippen LogP contribution in [-0.2, 0) is 4.79 Å². The van der Waals surface area contributed by atoms with Crippen molar-refractivity contribution in [2.75, 3.05) is 6.54 Å². The van der Waals surface area contributed by atoms with Crippen molar-refractivity contribution >= 4 is 12.0 Å². The number of rotatable bonds is 5. The van der Waals surface area contributed by atoms with E-state index in [4.69, 9.17) is 5.11 Å². The molecule has 100 valence electrons. The van der Waals surface area contributed by atoms with Gasteiger partial charge in [-0.1, -0.05) is 13.3 Å². The summed E-state index contributed by atoms with van der Waals surface area (Å²) in [5, 5.41) is 12.1. The van der Waals surface area contributed by atoms with Crippen molar-refractivity contribution in [3.63, 3.8) is 0 Å². The van der Waals surface area contributed by atoms with Crippen LogP contribution in [0.4, 0.5) is 18.0 Å². The lowest BCUT2D eigenvalue weighted by Crippen LogP contribution is -2.63. The van der Waals surface area contributed by atoms with Gasteiger partial charge in [0.05, 0.1) is 0 Å². The molecule has 0 fully saturated rings. The van der Waals surface area contributed by atoms with Crippen molar-refractivity contribution < 1.29 is 27.9 Å². The molecular weight excluding hydrogens is 241 g/mol. The van der Waals surface area contributed by atoms with Gasteiger partial charge in [0.15, 0.2) is 0 Å². The van der Waals surface area contributed by atoms with Crippen molar-refractivity contribution in [3.05, 3.63) is 0 Å². The van der Waals surface area contributed by atoms with Gasteiger partial charge in [0.1, 0.15) is 0 Å². The van der Waals surface area contributed by atoms with Crippen LogP contribution >= 0.6 is 0 Å². The predicted octanol–water partition coefficient (Wildman–Crippen LogP) is 1.49. The van der Waals surface area contributed by atoms with Crippen LogP contribution in [0, 0.1) is 0 Å². The molecule has 0 aliphatic carbocycles. The molecule has 0 saturated heterocycles. The summed E-state index contributed by atoms with van der Waals surface area (Å²) in [5.41, 5.74) is -3.29. The normalized spacial score (nSPS) is 14.9. The molecule has 0 aromatic heterocycles. The van der Waals surface area contributed by atoms with Gasteiger partial charge in [-0.2, -0.15) is 13.2 Å². The first-order valence-corrected chi connectivity index (χ1v) is 5.01. The van der Waals surface area contributed by atoms with Crippen molar-refractivity contribution in [2.45, 2.75) is 38.4 Å². The highest BCUT2D eigenvalue weighted by Gasteiger charge is 2.58. The fourth-order valence-electron chi connectivity index (χ4n) is 0.896. The van der Waals surface area contributed by atoms with E-state index in [0.29, 0.717) is 13.3 Å². The van der Waals surface area contributed by atoms with Crippen LogP contribution in [0.3, 0.4) is 0 Å². The van der Waals surface area contributed by atoms with Crippen LogP contribution in [-0.4, -0.2) is 35.4 Å². The van der Waals surface area contributed by atoms with Crippen LogP contribution in [0.1, 0.15) is 26.7 Å². The summed E-state index contributed by atoms with van der Waals surface area (Å²) in [6, 6.07) is -1.15. The fourth-order valence-corrected chi connectivity index (χ4v) is 0.896. The molecule has 0 aliphatic rings. The number of hydrogen-bond donors (Lipinski definition) is 3. The third-order valence-electron chi connectivity index (χ3n) is 2.17. The number of carbonyl (C=O) groups is 2. The van der Waals surface area contributed by atoms with Gasteiger partial charge in [0.25, 0.3) is 0 Å². The molecule has 1 unspecified atom stereocenters. The topological polar surface area (TPSA) is 78.4 Å². The molecule has 17 heavy (non-hydrogen) atoms. The zero-order valence-corrected chi connectivity index (χ0v) is 9.52. The Morgan fingerprint density at radius 2 is 1.82 bits per heavy atom. The molecule has 0 heterocycles. The molecular formula is C9H15F3N2O3. The number of hydrogen-bond acceptors (Lipinski definition) is 2. The first-order chi connectivity index (χ1) is 7.65. The highest BCUT2D eigenvalue weighted by atomic mass is 19.4. The summed E-state index contributed by atoms with van der Waals surface area (Å²) in [4.78, 5) is 21.7. The van der Waals surface area contributed by atoms with E-state index in [-0.39, 0.29) is 6.54 Å². The number of unbranched alkanes of at least 4 members (excludes halogenated alkanes) is 1. The predicted molar refractivity (Wildman–Crippen MR) is 53.5 cm³/mol. The Balaban J connectivity index is 4.58. The second-order valence-electron chi connectivity index (χ2n) is 3.66. The number of carboxylic acids is 1. The Bertz CT molecular complexity index is 294. The van der Waals surface area contributed by atoms with Gasteiger partial charge in [-0.25, -0.2) is 9.59 Å². The molecule has 0 rings (SSSR count). The molecule has 0 spiro atoms. The van der Waals surface area contributed by atoms with Gasteiger partial charge in [-0.15, -0.1) is 0 Å². The second kappa shape index (κ2) is 5.74. The Labute approximate surface area is 96.4 Å². The Kier molecular flexibility index (Phi) is 5.24. The molecule has 8 heteroatoms. The number of alkyl halides is 3. The minimum atomic E-state index is -5.07. The Morgan fingerprint density at radius 1 is 1.29 bits per heavy atom. The maximum atomic E-state index is 12.5. The first-order valence-electron chi connectivity index (χ1n) is 5.01. The fraction of sp³-hybridized carbons (Fsp3) is 0.778. The highest BCUT2D eigenvalue weighted by molar-refractivity contribution is 5.86. The third-order valence-corrected chi connectivity index (χ3v) is 2.17. The number of halogens is 3. The molecule has 0 aliphatic heterocycles. The zero-order valence-electron chi connectivity index (χ0n) is 9.52. The molecule has 5 nitrogen and oxygen atoms in total. The Hall–Kier alpha value is -1.47. The number of urea groups is 1. The number of carbonyl (C=O) groups excluding carboxylic acids is 1. The Morgan fingerprint density at radius 3 is 2.18 bits per heavy atom. The van der Waals surface area contributed by atoms with Crippen molar-refractivity contribution in [1.29, 1.82) is 0 Å². The minimum Gasteiger partial charge on any atom is -0.479 e. The van der Waals surface area contributed by atoms with E-state index in [1.807, 2.05) is 6.92 Å². The van der Waals surface area contributed by atoms with E-state index in [1.165, 1.54) is 5.32 Å². The summed E-state index contributed by atoms with van der Waals surface area (Å²) in [6.45, 7) is 2.43. The molecule has 0 aromatic rings. The molecule has 0 saturated carbocycles. The van der Waals surface area contributed by atoms with Gasteiger partial charge in [-0.05, 0) is 13.3 Å². The lowest BCUT2D eigenvalue weighted by atomic mass is 10.0. The maximum Gasteiger partial charge on any atom is 0.422 e. The van der Waals surface area contributed by atoms with E-state index < -0.39 is 23.7 Å². The largest absolute Gasteiger partial charge is 0.479 e. The highest BCUT2D eigenvalue weighted by Crippen LogP contribution is 2.30. The van der Waals surface area contributed by atoms with E-state index in [2.05, 4.69) is 5.32 Å². The van der Waals surface area contributed by atoms with Crippen molar-refractivity contribution in [2.24, 2.45) is 0 Å². The van der Waals surface area contributed by atoms with Crippen molar-refractivity contribution in [1.82, 2.24) is 10.6 Å². The van der Waals surface area contributed by atoms with E-state index in [0.717, 1.165) is 6.42 Å². The maximum absolute atomic E-state index is 12.5. The van der Waals surface area contributed by atoms with Crippen LogP contribution < -0.4 is 10.6 Å². The number of nitrogens with one attached hydrogen (secondary N) is 2. The summed E-state index contributed by atoms with van der Waals surface area (Å²) in [7, 11) is 0. The zero-order chi connectivity index (χ0) is 13.7. The number of aliphatic carboxylic acids is 1. The minimum absolute atomic E-state index is 0.190. The lowest BCUT2D eigenvalue weighted by molar-refractivity contribution is -0.203. The summed E-state index contributed by atoms with van der Waals surface area (Å²) >= 11 is 0. The average Bonchev–Trinajstić information content (AvgIpc) is 2.15. The van der Waals surface area contributed by atoms with E-state index >= 15 is 0 Å². The van der Waals surface area contributed by atoms with Crippen LogP contribution in [0.2, 0.25) is 0 Å². The third kappa shape index (κ3) is 4.12. The second-order valence-corrected chi connectivity index (χ2v) is 3.66. The molecule has 2 amide bonds. The van der Waals surface area contributed by atoms with Gasteiger partial charge < -0.3 is 15.7 Å². The van der Waals surface area contributed by atoms with Crippen LogP contribution in [0.15, 0.2) is 0 Å². The lowest BCUT2D eigenvalue weighted by Gasteiger charge is -2.28. The average molecular weight is 256 g/mol. The standard InChI is InChI=1S/C9H15F3N2O3/c1-3-4-5-13-7(17)14-8(2,6(15)16)9(10,11)12/h3-5H2,1-2H3,(H,15,16)(H2,13,14,17). The number of carboxylic acid groups (broad SMARTS) is 1. The molecule has 0 radical (unpaired) electrons. The monoisotopic (exact) mass is 256 g/mol. The van der Waals surface area contributed by atoms with E-state index in [1.54, 1.807) is 0 Å². The van der Waals surface area contributed by atoms with Gasteiger partial charge in [-0.3, -0.25) is 0 Å². The van der Waals surface area contributed by atoms with Crippen molar-refractivity contribution in [3.8, 4) is 0 Å².